The number of pyridine rings is 1. The van der Waals surface area contributed by atoms with Gasteiger partial charge in [-0.1, -0.05) is 23.7 Å². The van der Waals surface area contributed by atoms with Crippen LogP contribution < -0.4 is 5.73 Å². The summed E-state index contributed by atoms with van der Waals surface area (Å²) in [5, 5.41) is 0.620. The van der Waals surface area contributed by atoms with E-state index in [1.165, 1.54) is 11.1 Å². The number of benzene rings is 1. The molecule has 3 aromatic rings. The number of hydrogen-bond acceptors (Lipinski definition) is 2. The first kappa shape index (κ1) is 13.0. The molecule has 0 spiro atoms. The van der Waals surface area contributed by atoms with Crippen LogP contribution in [-0.4, -0.2) is 9.38 Å². The van der Waals surface area contributed by atoms with Crippen molar-refractivity contribution in [1.82, 2.24) is 9.38 Å². The molecule has 1 aromatic carbocycles. The van der Waals surface area contributed by atoms with Crippen molar-refractivity contribution in [2.45, 2.75) is 20.8 Å². The molecule has 0 aliphatic rings. The molecule has 3 rings (SSSR count). The maximum Gasteiger partial charge on any atom is 0.162 e. The topological polar surface area (TPSA) is 43.3 Å². The number of nitrogens with zero attached hydrogens (tertiary/aromatic N) is 2. The van der Waals surface area contributed by atoms with E-state index in [-0.39, 0.29) is 0 Å². The van der Waals surface area contributed by atoms with Crippen LogP contribution in [0.3, 0.4) is 0 Å². The highest BCUT2D eigenvalue weighted by atomic mass is 35.5. The van der Waals surface area contributed by atoms with E-state index in [2.05, 4.69) is 37.0 Å². The fourth-order valence-electron chi connectivity index (χ4n) is 2.43. The van der Waals surface area contributed by atoms with Gasteiger partial charge in [-0.2, -0.15) is 0 Å². The van der Waals surface area contributed by atoms with Crippen molar-refractivity contribution in [3.05, 3.63) is 52.3 Å². The first-order valence-electron chi connectivity index (χ1n) is 6.49. The van der Waals surface area contributed by atoms with Crippen molar-refractivity contribution >= 4 is 22.9 Å². The Morgan fingerprint density at radius 2 is 1.80 bits per heavy atom. The average molecular weight is 286 g/mol. The summed E-state index contributed by atoms with van der Waals surface area (Å²) in [4.78, 5) is 4.67. The Hall–Kier alpha value is -2.00. The monoisotopic (exact) mass is 285 g/mol. The van der Waals surface area contributed by atoms with Crippen LogP contribution in [0.5, 0.6) is 0 Å². The molecule has 0 aliphatic carbocycles. The number of imidazole rings is 1. The lowest BCUT2D eigenvalue weighted by molar-refractivity contribution is 1.11. The number of nitrogen functional groups attached to an aromatic ring is 1. The Morgan fingerprint density at radius 3 is 2.45 bits per heavy atom. The van der Waals surface area contributed by atoms with E-state index in [1.807, 2.05) is 11.3 Å². The second kappa shape index (κ2) is 4.53. The number of anilines is 1. The van der Waals surface area contributed by atoms with Crippen LogP contribution in [0.15, 0.2) is 30.3 Å². The van der Waals surface area contributed by atoms with E-state index in [0.717, 1.165) is 17.0 Å². The van der Waals surface area contributed by atoms with Crippen LogP contribution in [0.2, 0.25) is 5.15 Å². The first-order chi connectivity index (χ1) is 9.49. The molecule has 0 atom stereocenters. The Balaban J connectivity index is 2.32. The number of rotatable bonds is 1. The van der Waals surface area contributed by atoms with Gasteiger partial charge in [-0.15, -0.1) is 0 Å². The Bertz CT molecular complexity index is 818. The third-order valence-electron chi connectivity index (χ3n) is 3.76. The van der Waals surface area contributed by atoms with Crippen LogP contribution in [0, 0.1) is 20.8 Å². The van der Waals surface area contributed by atoms with Crippen molar-refractivity contribution in [2.24, 2.45) is 0 Å². The van der Waals surface area contributed by atoms with Crippen LogP contribution in [0.1, 0.15) is 16.8 Å². The molecule has 0 amide bonds. The van der Waals surface area contributed by atoms with E-state index >= 15 is 0 Å². The highest BCUT2D eigenvalue weighted by Gasteiger charge is 2.14. The molecule has 102 valence electrons. The molecule has 2 heterocycles. The average Bonchev–Trinajstić information content (AvgIpc) is 2.77. The minimum Gasteiger partial charge on any atom is -0.396 e. The molecule has 0 unspecified atom stereocenters. The number of hydrogen-bond donors (Lipinski definition) is 1. The van der Waals surface area contributed by atoms with Gasteiger partial charge in [0.2, 0.25) is 0 Å². The summed E-state index contributed by atoms with van der Waals surface area (Å²) in [6, 6.07) is 9.92. The number of aryl methyl sites for hydroxylation is 3. The summed E-state index contributed by atoms with van der Waals surface area (Å²) in [5.74, 6) is 0. The summed E-state index contributed by atoms with van der Waals surface area (Å²) < 4.78 is 1.89. The Kier molecular flexibility index (Phi) is 2.94. The van der Waals surface area contributed by atoms with Gasteiger partial charge in [-0.05, 0) is 50.1 Å². The minimum absolute atomic E-state index is 0.620. The van der Waals surface area contributed by atoms with Crippen LogP contribution in [0.4, 0.5) is 5.69 Å². The van der Waals surface area contributed by atoms with Crippen molar-refractivity contribution in [3.8, 4) is 11.3 Å². The maximum atomic E-state index is 6.26. The largest absolute Gasteiger partial charge is 0.396 e. The van der Waals surface area contributed by atoms with Gasteiger partial charge in [-0.3, -0.25) is 4.40 Å². The molecule has 4 heteroatoms. The molecule has 0 fully saturated rings. The second-order valence-corrected chi connectivity index (χ2v) is 5.50. The Labute approximate surface area is 123 Å². The van der Waals surface area contributed by atoms with Gasteiger partial charge in [-0.25, -0.2) is 4.98 Å². The van der Waals surface area contributed by atoms with Crippen molar-refractivity contribution in [2.75, 3.05) is 5.73 Å². The predicted octanol–water partition coefficient (Wildman–Crippen LogP) is 4.16. The minimum atomic E-state index is 0.620. The SMILES string of the molecule is Cc1ccc(-c2nc3c(N)ccc(Cl)n3c2C)cc1C. The first-order valence-corrected chi connectivity index (χ1v) is 6.87. The van der Waals surface area contributed by atoms with Gasteiger partial charge in [0, 0.05) is 11.3 Å². The Morgan fingerprint density at radius 1 is 1.05 bits per heavy atom. The zero-order valence-electron chi connectivity index (χ0n) is 11.7. The zero-order chi connectivity index (χ0) is 14.4. The van der Waals surface area contributed by atoms with Crippen LogP contribution in [0.25, 0.3) is 16.9 Å². The number of nitrogens with two attached hydrogens (primary N) is 1. The molecular weight excluding hydrogens is 270 g/mol. The highest BCUT2D eigenvalue weighted by molar-refractivity contribution is 6.30. The quantitative estimate of drug-likeness (QED) is 0.682. The predicted molar refractivity (Wildman–Crippen MR) is 84.3 cm³/mol. The lowest BCUT2D eigenvalue weighted by Gasteiger charge is -2.04. The lowest BCUT2D eigenvalue weighted by atomic mass is 10.0. The van der Waals surface area contributed by atoms with Gasteiger partial charge in [0.15, 0.2) is 5.65 Å². The number of fused-ring (bicyclic) bond motifs is 1. The second-order valence-electron chi connectivity index (χ2n) is 5.12. The fraction of sp³-hybridized carbons (Fsp3) is 0.188. The van der Waals surface area contributed by atoms with Gasteiger partial charge in [0.1, 0.15) is 5.15 Å². The normalized spacial score (nSPS) is 11.2. The van der Waals surface area contributed by atoms with E-state index < -0.39 is 0 Å². The summed E-state index contributed by atoms with van der Waals surface area (Å²) in [6.07, 6.45) is 0. The molecule has 0 radical (unpaired) electrons. The van der Waals surface area contributed by atoms with Gasteiger partial charge >= 0.3 is 0 Å². The van der Waals surface area contributed by atoms with Crippen molar-refractivity contribution in [1.29, 1.82) is 0 Å². The van der Waals surface area contributed by atoms with Crippen molar-refractivity contribution < 1.29 is 0 Å². The zero-order valence-corrected chi connectivity index (χ0v) is 12.5. The lowest BCUT2D eigenvalue weighted by Crippen LogP contribution is -1.94. The van der Waals surface area contributed by atoms with E-state index in [4.69, 9.17) is 17.3 Å². The third-order valence-corrected chi connectivity index (χ3v) is 4.06. The summed E-state index contributed by atoms with van der Waals surface area (Å²) >= 11 is 6.26. The molecule has 0 saturated carbocycles. The summed E-state index contributed by atoms with van der Waals surface area (Å²) in [7, 11) is 0. The summed E-state index contributed by atoms with van der Waals surface area (Å²) in [5.41, 5.74) is 12.9. The van der Waals surface area contributed by atoms with Gasteiger partial charge in [0.05, 0.1) is 11.4 Å². The van der Waals surface area contributed by atoms with Crippen molar-refractivity contribution in [3.63, 3.8) is 0 Å². The van der Waals surface area contributed by atoms with Crippen LogP contribution >= 0.6 is 11.6 Å². The molecule has 0 aliphatic heterocycles. The van der Waals surface area contributed by atoms with E-state index in [0.29, 0.717) is 16.5 Å². The fourth-order valence-corrected chi connectivity index (χ4v) is 2.70. The number of halogens is 1. The smallest absolute Gasteiger partial charge is 0.162 e. The third kappa shape index (κ3) is 1.86. The van der Waals surface area contributed by atoms with E-state index in [9.17, 15) is 0 Å². The molecule has 2 aromatic heterocycles. The molecular formula is C16H16ClN3. The van der Waals surface area contributed by atoms with E-state index in [1.54, 1.807) is 12.1 Å². The highest BCUT2D eigenvalue weighted by Crippen LogP contribution is 2.29. The molecule has 2 N–H and O–H groups in total. The number of aromatic nitrogens is 2. The molecule has 3 nitrogen and oxygen atoms in total. The molecule has 0 bridgehead atoms. The van der Waals surface area contributed by atoms with Crippen LogP contribution in [-0.2, 0) is 0 Å². The molecule has 0 saturated heterocycles. The molecule has 20 heavy (non-hydrogen) atoms. The summed E-state index contributed by atoms with van der Waals surface area (Å²) in [6.45, 7) is 6.21. The van der Waals surface area contributed by atoms with Gasteiger partial charge in [0.25, 0.3) is 0 Å². The van der Waals surface area contributed by atoms with Gasteiger partial charge < -0.3 is 5.73 Å². The standard InChI is InChI=1S/C16H16ClN3/c1-9-4-5-12(8-10(9)2)15-11(3)20-14(17)7-6-13(18)16(20)19-15/h4-8H,18H2,1-3H3. The maximum absolute atomic E-state index is 6.26.